The van der Waals surface area contributed by atoms with E-state index in [1.165, 1.54) is 23.3 Å². The van der Waals surface area contributed by atoms with Crippen molar-refractivity contribution < 1.29 is 13.2 Å². The van der Waals surface area contributed by atoms with Crippen molar-refractivity contribution in [3.63, 3.8) is 0 Å². The molecule has 1 nitrogen and oxygen atoms in total. The number of likely N-dealkylation sites (N-methyl/N-ethyl adjacent to an activating group) is 1. The van der Waals surface area contributed by atoms with Gasteiger partial charge in [0, 0.05) is 18.5 Å². The number of hydrogen-bond acceptors (Lipinski definition) is 1. The van der Waals surface area contributed by atoms with Crippen molar-refractivity contribution in [3.05, 3.63) is 70.3 Å². The standard InChI is InChI=1S/C22H24F3N.ClH/c1-14-4-3-5-15(10-14)11-21-19-8-6-16-12-17(22(23,24)25)7-9-18(16)20(19)13-26(21)2;/h3-5,7,9-10,12,19-21H,6,8,11,13H2,1-2H3;1H. The molecule has 4 rings (SSSR count). The third-order valence-corrected chi connectivity index (χ3v) is 6.21. The molecule has 0 amide bonds. The van der Waals surface area contributed by atoms with Gasteiger partial charge in [0.2, 0.25) is 0 Å². The molecule has 1 saturated heterocycles. The summed E-state index contributed by atoms with van der Waals surface area (Å²) in [5.41, 5.74) is 4.13. The van der Waals surface area contributed by atoms with Crippen LogP contribution in [0.3, 0.4) is 0 Å². The van der Waals surface area contributed by atoms with Crippen LogP contribution in [-0.2, 0) is 19.0 Å². The van der Waals surface area contributed by atoms with E-state index in [4.69, 9.17) is 0 Å². The molecule has 0 spiro atoms. The van der Waals surface area contributed by atoms with Gasteiger partial charge in [0.15, 0.2) is 0 Å². The van der Waals surface area contributed by atoms with E-state index < -0.39 is 11.7 Å². The molecule has 5 heteroatoms. The molecule has 3 atom stereocenters. The number of aryl methyl sites for hydroxylation is 2. The Labute approximate surface area is 165 Å². The van der Waals surface area contributed by atoms with Gasteiger partial charge >= 0.3 is 6.18 Å². The highest BCUT2D eigenvalue weighted by Gasteiger charge is 2.43. The summed E-state index contributed by atoms with van der Waals surface area (Å²) < 4.78 is 39.1. The predicted octanol–water partition coefficient (Wildman–Crippen LogP) is 5.64. The van der Waals surface area contributed by atoms with Gasteiger partial charge < -0.3 is 4.90 Å². The molecule has 2 aromatic rings. The molecule has 0 N–H and O–H groups in total. The number of hydrogen-bond donors (Lipinski definition) is 0. The molecular weight excluding hydrogens is 371 g/mol. The highest BCUT2D eigenvalue weighted by Crippen LogP contribution is 2.46. The fourth-order valence-electron chi connectivity index (χ4n) is 4.97. The third kappa shape index (κ3) is 3.88. The zero-order valence-corrected chi connectivity index (χ0v) is 16.4. The van der Waals surface area contributed by atoms with Gasteiger partial charge in [0.05, 0.1) is 5.56 Å². The first-order valence-corrected chi connectivity index (χ1v) is 9.29. The quantitative estimate of drug-likeness (QED) is 0.636. The molecule has 0 radical (unpaired) electrons. The minimum absolute atomic E-state index is 0. The van der Waals surface area contributed by atoms with Gasteiger partial charge in [-0.1, -0.05) is 35.9 Å². The maximum Gasteiger partial charge on any atom is 0.416 e. The number of halogens is 4. The summed E-state index contributed by atoms with van der Waals surface area (Å²) in [6.07, 6.45) is -1.53. The first-order chi connectivity index (χ1) is 12.3. The van der Waals surface area contributed by atoms with E-state index in [9.17, 15) is 13.2 Å². The molecule has 2 aromatic carbocycles. The van der Waals surface area contributed by atoms with Crippen LogP contribution in [0.1, 0.15) is 40.2 Å². The van der Waals surface area contributed by atoms with Crippen LogP contribution in [0.2, 0.25) is 0 Å². The highest BCUT2D eigenvalue weighted by molar-refractivity contribution is 5.85. The van der Waals surface area contributed by atoms with Crippen molar-refractivity contribution in [1.29, 1.82) is 0 Å². The summed E-state index contributed by atoms with van der Waals surface area (Å²) in [6.45, 7) is 3.04. The van der Waals surface area contributed by atoms with E-state index >= 15 is 0 Å². The average molecular weight is 396 g/mol. The normalized spacial score (nSPS) is 24.9. The van der Waals surface area contributed by atoms with Crippen LogP contribution in [0.25, 0.3) is 0 Å². The van der Waals surface area contributed by atoms with Crippen LogP contribution in [0.5, 0.6) is 0 Å². The lowest BCUT2D eigenvalue weighted by Crippen LogP contribution is -2.32. The number of fused-ring (bicyclic) bond motifs is 3. The fraction of sp³-hybridized carbons (Fsp3) is 0.455. The van der Waals surface area contributed by atoms with E-state index in [1.807, 2.05) is 0 Å². The lowest BCUT2D eigenvalue weighted by Gasteiger charge is -2.32. The van der Waals surface area contributed by atoms with Crippen LogP contribution < -0.4 is 0 Å². The Morgan fingerprint density at radius 2 is 1.89 bits per heavy atom. The van der Waals surface area contributed by atoms with Gasteiger partial charge in [-0.3, -0.25) is 0 Å². The van der Waals surface area contributed by atoms with Crippen LogP contribution in [0.4, 0.5) is 13.2 Å². The first-order valence-electron chi connectivity index (χ1n) is 9.29. The number of alkyl halides is 3. The minimum Gasteiger partial charge on any atom is -0.302 e. The van der Waals surface area contributed by atoms with Gasteiger partial charge in [-0.15, -0.1) is 12.4 Å². The molecule has 0 bridgehead atoms. The van der Waals surface area contributed by atoms with Crippen LogP contribution in [0, 0.1) is 12.8 Å². The van der Waals surface area contributed by atoms with Gasteiger partial charge in [-0.2, -0.15) is 13.2 Å². The molecule has 1 heterocycles. The molecule has 0 aromatic heterocycles. The minimum atomic E-state index is -4.26. The molecule has 1 aliphatic carbocycles. The van der Waals surface area contributed by atoms with Crippen molar-refractivity contribution in [3.8, 4) is 0 Å². The lowest BCUT2D eigenvalue weighted by molar-refractivity contribution is -0.137. The number of likely N-dealkylation sites (tertiary alicyclic amines) is 1. The second kappa shape index (κ2) is 7.48. The maximum absolute atomic E-state index is 13.0. The molecule has 146 valence electrons. The Morgan fingerprint density at radius 3 is 2.59 bits per heavy atom. The van der Waals surface area contributed by atoms with Crippen LogP contribution in [0.15, 0.2) is 42.5 Å². The Hall–Kier alpha value is -1.52. The summed E-state index contributed by atoms with van der Waals surface area (Å²) in [4.78, 5) is 2.41. The zero-order chi connectivity index (χ0) is 18.5. The summed E-state index contributed by atoms with van der Waals surface area (Å²) in [5.74, 6) is 0.866. The van der Waals surface area contributed by atoms with Gasteiger partial charge in [-0.05, 0) is 68.0 Å². The molecule has 27 heavy (non-hydrogen) atoms. The Balaban J connectivity index is 0.00000210. The molecule has 1 fully saturated rings. The number of rotatable bonds is 2. The summed E-state index contributed by atoms with van der Waals surface area (Å²) in [6, 6.07) is 13.5. The summed E-state index contributed by atoms with van der Waals surface area (Å²) in [7, 11) is 2.16. The highest BCUT2D eigenvalue weighted by atomic mass is 35.5. The number of nitrogens with zero attached hydrogens (tertiary/aromatic N) is 1. The van der Waals surface area contributed by atoms with Gasteiger partial charge in [0.1, 0.15) is 0 Å². The van der Waals surface area contributed by atoms with Gasteiger partial charge in [-0.25, -0.2) is 0 Å². The van der Waals surface area contributed by atoms with Crippen molar-refractivity contribution >= 4 is 12.4 Å². The number of benzene rings is 2. The van der Waals surface area contributed by atoms with E-state index in [2.05, 4.69) is 43.1 Å². The topological polar surface area (TPSA) is 3.24 Å². The largest absolute Gasteiger partial charge is 0.416 e. The Bertz CT molecular complexity index is 817. The molecule has 3 unspecified atom stereocenters. The summed E-state index contributed by atoms with van der Waals surface area (Å²) in [5, 5.41) is 0. The van der Waals surface area contributed by atoms with E-state index in [-0.39, 0.29) is 12.4 Å². The van der Waals surface area contributed by atoms with E-state index in [0.29, 0.717) is 17.9 Å². The van der Waals surface area contributed by atoms with Crippen LogP contribution >= 0.6 is 12.4 Å². The second-order valence-electron chi connectivity index (χ2n) is 7.92. The van der Waals surface area contributed by atoms with Crippen molar-refractivity contribution in [2.45, 2.75) is 44.3 Å². The first kappa shape index (κ1) is 20.2. The van der Waals surface area contributed by atoms with Gasteiger partial charge in [0.25, 0.3) is 0 Å². The van der Waals surface area contributed by atoms with Crippen LogP contribution in [-0.4, -0.2) is 24.5 Å². The van der Waals surface area contributed by atoms with Crippen molar-refractivity contribution in [2.75, 3.05) is 13.6 Å². The molecule has 2 aliphatic rings. The van der Waals surface area contributed by atoms with E-state index in [0.717, 1.165) is 36.9 Å². The second-order valence-corrected chi connectivity index (χ2v) is 7.92. The molecule has 0 saturated carbocycles. The monoisotopic (exact) mass is 395 g/mol. The third-order valence-electron chi connectivity index (χ3n) is 6.21. The Kier molecular flexibility index (Phi) is 5.60. The average Bonchev–Trinajstić information content (AvgIpc) is 2.90. The molecular formula is C22H25ClF3N. The lowest BCUT2D eigenvalue weighted by atomic mass is 9.73. The van der Waals surface area contributed by atoms with E-state index in [1.54, 1.807) is 6.07 Å². The Morgan fingerprint density at radius 1 is 1.11 bits per heavy atom. The smallest absolute Gasteiger partial charge is 0.302 e. The van der Waals surface area contributed by atoms with Crippen molar-refractivity contribution in [2.24, 2.45) is 5.92 Å². The zero-order valence-electron chi connectivity index (χ0n) is 15.6. The predicted molar refractivity (Wildman–Crippen MR) is 105 cm³/mol. The fourth-order valence-corrected chi connectivity index (χ4v) is 4.97. The van der Waals surface area contributed by atoms with Crippen molar-refractivity contribution in [1.82, 2.24) is 4.90 Å². The molecule has 1 aliphatic heterocycles. The summed E-state index contributed by atoms with van der Waals surface area (Å²) >= 11 is 0. The SMILES string of the molecule is Cc1cccc(CC2C3CCc4cc(C(F)(F)F)ccc4C3CN2C)c1.Cl. The maximum atomic E-state index is 13.0.